The summed E-state index contributed by atoms with van der Waals surface area (Å²) >= 11 is 4.49. The molecule has 1 aliphatic heterocycles. The molecule has 0 aliphatic carbocycles. The van der Waals surface area contributed by atoms with E-state index < -0.39 is 0 Å². The molecule has 4 rings (SSSR count). The average molecular weight is 442 g/mol. The van der Waals surface area contributed by atoms with Crippen LogP contribution in [0.15, 0.2) is 57.2 Å². The van der Waals surface area contributed by atoms with Crippen LogP contribution in [0, 0.1) is 0 Å². The van der Waals surface area contributed by atoms with E-state index in [0.29, 0.717) is 17.0 Å². The number of nitrogens with zero attached hydrogens (tertiary/aromatic N) is 3. The number of carbonyl (C=O) groups is 2. The molecule has 0 spiro atoms. The Hall–Kier alpha value is -2.16. The molecular weight excluding hydrogens is 422 g/mol. The first kappa shape index (κ1) is 20.1. The van der Waals surface area contributed by atoms with E-state index in [4.69, 9.17) is 0 Å². The molecule has 0 atom stereocenters. The van der Waals surface area contributed by atoms with E-state index >= 15 is 0 Å². The van der Waals surface area contributed by atoms with Crippen LogP contribution in [-0.4, -0.2) is 32.8 Å². The van der Waals surface area contributed by atoms with E-state index in [9.17, 15) is 9.59 Å². The molecule has 3 aromatic rings. The monoisotopic (exact) mass is 441 g/mol. The van der Waals surface area contributed by atoms with Crippen LogP contribution in [0.5, 0.6) is 0 Å². The molecule has 2 heterocycles. The molecule has 2 amide bonds. The number of hydrogen-bond acceptors (Lipinski definition) is 7. The van der Waals surface area contributed by atoms with Crippen molar-refractivity contribution in [1.29, 1.82) is 0 Å². The zero-order valence-electron chi connectivity index (χ0n) is 16.0. The zero-order valence-corrected chi connectivity index (χ0v) is 18.4. The number of thioether (sulfide) groups is 2. The van der Waals surface area contributed by atoms with Gasteiger partial charge in [0.25, 0.3) is 11.8 Å². The van der Waals surface area contributed by atoms with Gasteiger partial charge in [-0.25, -0.2) is 0 Å². The van der Waals surface area contributed by atoms with Gasteiger partial charge in [0.2, 0.25) is 0 Å². The summed E-state index contributed by atoms with van der Waals surface area (Å²) < 4.78 is 1.63. The van der Waals surface area contributed by atoms with E-state index in [0.717, 1.165) is 14.4 Å². The van der Waals surface area contributed by atoms with Crippen LogP contribution in [0.3, 0.4) is 0 Å². The van der Waals surface area contributed by atoms with Gasteiger partial charge in [0.05, 0.1) is 17.0 Å². The summed E-state index contributed by atoms with van der Waals surface area (Å²) in [7, 11) is 0. The maximum atomic E-state index is 12.4. The van der Waals surface area contributed by atoms with Gasteiger partial charge in [-0.1, -0.05) is 85.1 Å². The van der Waals surface area contributed by atoms with Crippen molar-refractivity contribution in [3.63, 3.8) is 0 Å². The van der Waals surface area contributed by atoms with Gasteiger partial charge in [-0.3, -0.25) is 14.5 Å². The second kappa shape index (κ2) is 8.69. The lowest BCUT2D eigenvalue weighted by atomic mass is 10.0. The van der Waals surface area contributed by atoms with E-state index in [1.54, 1.807) is 36.0 Å². The number of benzene rings is 2. The number of fused-ring (bicyclic) bond motifs is 1. The molecule has 0 saturated heterocycles. The van der Waals surface area contributed by atoms with Gasteiger partial charge in [0.1, 0.15) is 0 Å². The number of hydrogen-bond donors (Lipinski definition) is 0. The number of imide groups is 1. The summed E-state index contributed by atoms with van der Waals surface area (Å²) in [5.41, 5.74) is 3.52. The van der Waals surface area contributed by atoms with Gasteiger partial charge in [0.15, 0.2) is 8.68 Å². The van der Waals surface area contributed by atoms with Crippen molar-refractivity contribution in [2.45, 2.75) is 34.2 Å². The Balaban J connectivity index is 1.32. The Bertz CT molecular complexity index is 1010. The van der Waals surface area contributed by atoms with Gasteiger partial charge >= 0.3 is 0 Å². The average Bonchev–Trinajstić information content (AvgIpc) is 3.28. The van der Waals surface area contributed by atoms with Gasteiger partial charge in [-0.15, -0.1) is 10.2 Å². The van der Waals surface area contributed by atoms with E-state index in [2.05, 4.69) is 48.3 Å². The molecule has 0 N–H and O–H groups in total. The first-order chi connectivity index (χ1) is 14.0. The van der Waals surface area contributed by atoms with E-state index in [1.807, 2.05) is 0 Å². The molecule has 8 heteroatoms. The summed E-state index contributed by atoms with van der Waals surface area (Å²) in [5, 5.41) is 8.41. The van der Waals surface area contributed by atoms with Crippen molar-refractivity contribution in [3.8, 4) is 0 Å². The lowest BCUT2D eigenvalue weighted by Gasteiger charge is -2.11. The minimum absolute atomic E-state index is 0.238. The Labute approximate surface area is 181 Å². The minimum atomic E-state index is -0.248. The number of rotatable bonds is 7. The van der Waals surface area contributed by atoms with E-state index in [1.165, 1.54) is 39.1 Å². The van der Waals surface area contributed by atoms with Crippen LogP contribution in [0.25, 0.3) is 0 Å². The maximum Gasteiger partial charge on any atom is 0.262 e. The topological polar surface area (TPSA) is 63.2 Å². The molecule has 0 fully saturated rings. The summed E-state index contributed by atoms with van der Waals surface area (Å²) in [4.78, 5) is 26.1. The first-order valence-electron chi connectivity index (χ1n) is 9.16. The standard InChI is InChI=1S/C21H19N3O2S3/c1-13(2)15-9-7-14(8-10-15)11-27-20-22-23-21(29-20)28-12-24-18(25)16-5-3-4-6-17(16)19(24)26/h3-10,13H,11-12H2,1-2H3. The predicted molar refractivity (Wildman–Crippen MR) is 118 cm³/mol. The Morgan fingerprint density at radius 1 is 0.897 bits per heavy atom. The molecule has 0 bridgehead atoms. The molecule has 5 nitrogen and oxygen atoms in total. The smallest absolute Gasteiger partial charge is 0.262 e. The normalized spacial score (nSPS) is 13.4. The third kappa shape index (κ3) is 4.39. The van der Waals surface area contributed by atoms with Crippen molar-refractivity contribution in [2.75, 3.05) is 5.88 Å². The molecule has 148 valence electrons. The molecule has 0 unspecified atom stereocenters. The maximum absolute atomic E-state index is 12.4. The van der Waals surface area contributed by atoms with Gasteiger partial charge in [0, 0.05) is 5.75 Å². The number of aromatic nitrogens is 2. The minimum Gasteiger partial charge on any atom is -0.269 e. The third-order valence-electron chi connectivity index (χ3n) is 4.59. The van der Waals surface area contributed by atoms with Crippen molar-refractivity contribution in [3.05, 3.63) is 70.8 Å². The lowest BCUT2D eigenvalue weighted by molar-refractivity contribution is 0.0684. The second-order valence-electron chi connectivity index (χ2n) is 6.88. The molecule has 1 aliphatic rings. The summed E-state index contributed by atoms with van der Waals surface area (Å²) in [6, 6.07) is 15.6. The van der Waals surface area contributed by atoms with E-state index in [-0.39, 0.29) is 17.7 Å². The van der Waals surface area contributed by atoms with Crippen LogP contribution >= 0.6 is 34.9 Å². The Morgan fingerprint density at radius 2 is 1.48 bits per heavy atom. The van der Waals surface area contributed by atoms with Crippen LogP contribution in [0.2, 0.25) is 0 Å². The van der Waals surface area contributed by atoms with Crippen LogP contribution in [0.1, 0.15) is 51.6 Å². The molecule has 2 aromatic carbocycles. The quantitative estimate of drug-likeness (QED) is 0.366. The van der Waals surface area contributed by atoms with Crippen LogP contribution < -0.4 is 0 Å². The first-order valence-corrected chi connectivity index (χ1v) is 11.9. The van der Waals surface area contributed by atoms with Crippen LogP contribution in [0.4, 0.5) is 0 Å². The zero-order chi connectivity index (χ0) is 20.4. The summed E-state index contributed by atoms with van der Waals surface area (Å²) in [6.07, 6.45) is 0. The molecule has 29 heavy (non-hydrogen) atoms. The van der Waals surface area contributed by atoms with Gasteiger partial charge in [-0.2, -0.15) is 0 Å². The fraction of sp³-hybridized carbons (Fsp3) is 0.238. The van der Waals surface area contributed by atoms with Gasteiger partial charge in [-0.05, 0) is 29.2 Å². The SMILES string of the molecule is CC(C)c1ccc(CSc2nnc(SCN3C(=O)c4ccccc4C3=O)s2)cc1. The predicted octanol–water partition coefficient (Wildman–Crippen LogP) is 5.30. The van der Waals surface area contributed by atoms with Crippen molar-refractivity contribution >= 4 is 46.7 Å². The van der Waals surface area contributed by atoms with Crippen molar-refractivity contribution in [1.82, 2.24) is 15.1 Å². The second-order valence-corrected chi connectivity index (χ2v) is 10.3. The fourth-order valence-electron chi connectivity index (χ4n) is 2.93. The number of carbonyl (C=O) groups excluding carboxylic acids is 2. The Kier molecular flexibility index (Phi) is 6.03. The summed E-state index contributed by atoms with van der Waals surface area (Å²) in [6.45, 7) is 4.37. The van der Waals surface area contributed by atoms with Crippen molar-refractivity contribution in [2.24, 2.45) is 0 Å². The molecular formula is C21H19N3O2S3. The number of amides is 2. The highest BCUT2D eigenvalue weighted by Gasteiger charge is 2.35. The largest absolute Gasteiger partial charge is 0.269 e. The molecule has 1 aromatic heterocycles. The molecule has 0 radical (unpaired) electrons. The summed E-state index contributed by atoms with van der Waals surface area (Å²) in [5.74, 6) is 1.10. The molecule has 0 saturated carbocycles. The highest BCUT2D eigenvalue weighted by atomic mass is 32.2. The highest BCUT2D eigenvalue weighted by molar-refractivity contribution is 8.02. The third-order valence-corrected chi connectivity index (χ3v) is 7.83. The highest BCUT2D eigenvalue weighted by Crippen LogP contribution is 2.33. The fourth-order valence-corrected chi connectivity index (χ4v) is 5.84. The van der Waals surface area contributed by atoms with Crippen molar-refractivity contribution < 1.29 is 9.59 Å². The van der Waals surface area contributed by atoms with Gasteiger partial charge < -0.3 is 0 Å². The van der Waals surface area contributed by atoms with Crippen LogP contribution in [-0.2, 0) is 5.75 Å². The lowest BCUT2D eigenvalue weighted by Crippen LogP contribution is -2.29. The Morgan fingerprint density at radius 3 is 2.07 bits per heavy atom.